The Morgan fingerprint density at radius 2 is 1.95 bits per heavy atom. The van der Waals surface area contributed by atoms with Crippen LogP contribution >= 0.6 is 0 Å². The van der Waals surface area contributed by atoms with Gasteiger partial charge in [-0.1, -0.05) is 4.85 Å². The molecular weight excluding hydrogens is 255 g/mol. The number of nitrogens with zero attached hydrogens (tertiary/aromatic N) is 2. The minimum atomic E-state index is -4.08. The monoisotopic (exact) mass is 276 g/mol. The van der Waals surface area contributed by atoms with E-state index in [-0.39, 0.29) is 24.8 Å². The second-order valence-electron chi connectivity index (χ2n) is 5.56. The van der Waals surface area contributed by atoms with Gasteiger partial charge in [0.05, 0.1) is 5.92 Å². The van der Waals surface area contributed by atoms with Crippen LogP contribution in [0.15, 0.2) is 0 Å². The molecule has 19 heavy (non-hydrogen) atoms. The van der Waals surface area contributed by atoms with Crippen molar-refractivity contribution in [3.63, 3.8) is 0 Å². The predicted molar refractivity (Wildman–Crippen MR) is 68.3 cm³/mol. The third kappa shape index (κ3) is 3.21. The van der Waals surface area contributed by atoms with Crippen molar-refractivity contribution in [1.29, 1.82) is 0 Å². The van der Waals surface area contributed by atoms with Crippen molar-refractivity contribution in [1.82, 2.24) is 10.2 Å². The van der Waals surface area contributed by atoms with Gasteiger partial charge in [0.15, 0.2) is 0 Å². The Balaban J connectivity index is 2.09. The first kappa shape index (κ1) is 14.6. The van der Waals surface area contributed by atoms with Crippen LogP contribution in [-0.2, 0) is 0 Å². The molecule has 0 radical (unpaired) electrons. The minimum absolute atomic E-state index is 0.0224. The van der Waals surface area contributed by atoms with Crippen LogP contribution in [0.2, 0.25) is 0 Å². The maximum atomic E-state index is 12.9. The normalized spacial score (nSPS) is 32.6. The van der Waals surface area contributed by atoms with Gasteiger partial charge in [0.25, 0.3) is 13.1 Å². The third-order valence-corrected chi connectivity index (χ3v) is 4.43. The van der Waals surface area contributed by atoms with Crippen LogP contribution in [0.1, 0.15) is 19.3 Å². The average molecular weight is 276 g/mol. The van der Waals surface area contributed by atoms with Gasteiger partial charge in [0.1, 0.15) is 5.92 Å². The maximum Gasteiger partial charge on any atom is 0.391 e. The van der Waals surface area contributed by atoms with Crippen LogP contribution in [0.25, 0.3) is 4.85 Å². The molecule has 2 rings (SSSR count). The largest absolute Gasteiger partial charge is 0.391 e. The molecule has 2 fully saturated rings. The van der Waals surface area contributed by atoms with Gasteiger partial charge in [-0.15, -0.1) is 0 Å². The predicted octanol–water partition coefficient (Wildman–Crippen LogP) is 2.20. The Bertz CT molecular complexity index is 368. The highest BCUT2D eigenvalue weighted by Gasteiger charge is 2.47. The molecular formula is C13H21F3N3+. The molecule has 2 aliphatic rings. The molecule has 3 nitrogen and oxygen atoms in total. The van der Waals surface area contributed by atoms with E-state index in [2.05, 4.69) is 21.1 Å². The van der Waals surface area contributed by atoms with Crippen LogP contribution in [0.5, 0.6) is 0 Å². The van der Waals surface area contributed by atoms with Crippen molar-refractivity contribution >= 4 is 0 Å². The zero-order chi connectivity index (χ0) is 14.0. The van der Waals surface area contributed by atoms with Crippen molar-refractivity contribution in [3.8, 4) is 6.07 Å². The molecule has 3 atom stereocenters. The van der Waals surface area contributed by atoms with Crippen LogP contribution in [0.3, 0.4) is 0 Å². The van der Waals surface area contributed by atoms with Gasteiger partial charge in [0.2, 0.25) is 0 Å². The highest BCUT2D eigenvalue weighted by molar-refractivity contribution is 5.04. The molecule has 1 unspecified atom stereocenters. The Morgan fingerprint density at radius 3 is 2.42 bits per heavy atom. The first-order valence-corrected chi connectivity index (χ1v) is 6.77. The average Bonchev–Trinajstić information content (AvgIpc) is 2.26. The molecule has 1 heterocycles. The van der Waals surface area contributed by atoms with Crippen LogP contribution in [0, 0.1) is 17.9 Å². The molecule has 1 N–H and O–H groups in total. The Morgan fingerprint density at radius 1 is 1.26 bits per heavy atom. The second-order valence-corrected chi connectivity index (χ2v) is 5.56. The van der Waals surface area contributed by atoms with E-state index in [1.165, 1.54) is 0 Å². The lowest BCUT2D eigenvalue weighted by Crippen LogP contribution is -2.60. The summed E-state index contributed by atoms with van der Waals surface area (Å²) in [5.41, 5.74) is 0. The van der Waals surface area contributed by atoms with Crippen LogP contribution < -0.4 is 5.32 Å². The molecule has 0 aromatic rings. The minimum Gasteiger partial charge on any atom is -0.314 e. The number of alkyl halides is 3. The molecule has 0 bridgehead atoms. The smallest absolute Gasteiger partial charge is 0.314 e. The zero-order valence-electron chi connectivity index (χ0n) is 11.4. The van der Waals surface area contributed by atoms with E-state index in [0.29, 0.717) is 12.5 Å². The summed E-state index contributed by atoms with van der Waals surface area (Å²) < 4.78 is 38.7. The summed E-state index contributed by atoms with van der Waals surface area (Å²) in [6.45, 7) is 1.72. The standard InChI is InChI=1S/C13H21F3N3/c1-17-6-9-3-4-10(13(14,15)16)5-12(9)19(2)11-7-18-8-11/h9-12,18H,3-5,7-8H2,1-2H3/q+1/t9?,10-,12-/m0/s1. The molecule has 0 spiro atoms. The number of hydrogen-bond acceptors (Lipinski definition) is 2. The highest BCUT2D eigenvalue weighted by Crippen LogP contribution is 2.41. The van der Waals surface area contributed by atoms with Crippen molar-refractivity contribution in [3.05, 3.63) is 4.85 Å². The van der Waals surface area contributed by atoms with E-state index in [0.717, 1.165) is 13.1 Å². The van der Waals surface area contributed by atoms with E-state index in [1.54, 1.807) is 7.05 Å². The van der Waals surface area contributed by atoms with Gasteiger partial charge in [0, 0.05) is 25.2 Å². The molecule has 108 valence electrons. The van der Waals surface area contributed by atoms with Gasteiger partial charge < -0.3 is 5.32 Å². The number of hydrogen-bond donors (Lipinski definition) is 1. The van der Waals surface area contributed by atoms with Crippen molar-refractivity contribution < 1.29 is 13.2 Å². The molecule has 1 aliphatic carbocycles. The van der Waals surface area contributed by atoms with E-state index >= 15 is 0 Å². The summed E-state index contributed by atoms with van der Waals surface area (Å²) in [5.74, 6) is -1.16. The first-order chi connectivity index (χ1) is 8.93. The summed E-state index contributed by atoms with van der Waals surface area (Å²) >= 11 is 0. The topological polar surface area (TPSA) is 19.6 Å². The van der Waals surface area contributed by atoms with Crippen LogP contribution in [-0.4, -0.2) is 50.3 Å². The third-order valence-electron chi connectivity index (χ3n) is 4.43. The fourth-order valence-electron chi connectivity index (χ4n) is 3.04. The Labute approximate surface area is 112 Å². The maximum absolute atomic E-state index is 12.9. The first-order valence-electron chi connectivity index (χ1n) is 6.77. The highest BCUT2D eigenvalue weighted by atomic mass is 19.4. The van der Waals surface area contributed by atoms with E-state index in [1.807, 2.05) is 7.05 Å². The SMILES string of the molecule is C[N+]#CC1CC[C@H](C(F)(F)F)C[C@@H]1N(C)C1CNC1. The van der Waals surface area contributed by atoms with Gasteiger partial charge in [-0.2, -0.15) is 13.2 Å². The summed E-state index contributed by atoms with van der Waals surface area (Å²) in [4.78, 5) is 6.00. The Kier molecular flexibility index (Phi) is 4.36. The number of nitrogens with one attached hydrogen (secondary N) is 1. The van der Waals surface area contributed by atoms with Crippen molar-refractivity contribution in [2.45, 2.75) is 37.5 Å². The lowest BCUT2D eigenvalue weighted by atomic mass is 9.77. The lowest BCUT2D eigenvalue weighted by molar-refractivity contribution is -0.189. The second kappa shape index (κ2) is 5.68. The van der Waals surface area contributed by atoms with E-state index in [9.17, 15) is 13.2 Å². The molecule has 1 saturated carbocycles. The number of likely N-dealkylation sites (N-methyl/N-ethyl adjacent to an activating group) is 1. The molecule has 0 aromatic carbocycles. The van der Waals surface area contributed by atoms with Gasteiger partial charge in [-0.05, 0) is 26.3 Å². The molecule has 0 amide bonds. The number of rotatable bonds is 2. The quantitative estimate of drug-likeness (QED) is 0.834. The molecule has 1 saturated heterocycles. The Hall–Kier alpha value is -0.800. The summed E-state index contributed by atoms with van der Waals surface area (Å²) in [6, 6.07) is 3.23. The summed E-state index contributed by atoms with van der Waals surface area (Å²) in [5, 5.41) is 3.16. The molecule has 1 aliphatic heterocycles. The van der Waals surface area contributed by atoms with Crippen LogP contribution in [0.4, 0.5) is 13.2 Å². The fraction of sp³-hybridized carbons (Fsp3) is 0.923. The van der Waals surface area contributed by atoms with Crippen molar-refractivity contribution in [2.75, 3.05) is 27.2 Å². The lowest BCUT2D eigenvalue weighted by Gasteiger charge is -2.44. The van der Waals surface area contributed by atoms with Gasteiger partial charge in [-0.3, -0.25) is 4.90 Å². The molecule has 6 heteroatoms. The zero-order valence-corrected chi connectivity index (χ0v) is 11.4. The fourth-order valence-corrected chi connectivity index (χ4v) is 3.04. The summed E-state index contributed by atoms with van der Waals surface area (Å²) in [6.07, 6.45) is -3.18. The number of halogens is 3. The summed E-state index contributed by atoms with van der Waals surface area (Å²) in [7, 11) is 3.57. The van der Waals surface area contributed by atoms with Crippen molar-refractivity contribution in [2.24, 2.45) is 11.8 Å². The van der Waals surface area contributed by atoms with Gasteiger partial charge in [-0.25, -0.2) is 0 Å². The molecule has 0 aromatic heterocycles. The van der Waals surface area contributed by atoms with E-state index < -0.39 is 12.1 Å². The van der Waals surface area contributed by atoms with Gasteiger partial charge >= 0.3 is 6.18 Å². The van der Waals surface area contributed by atoms with E-state index in [4.69, 9.17) is 0 Å².